The summed E-state index contributed by atoms with van der Waals surface area (Å²) in [7, 11) is 4.51. The molecule has 0 saturated carbocycles. The minimum absolute atomic E-state index is 0.310. The maximum Gasteiger partial charge on any atom is 0.256 e. The molecule has 24 heavy (non-hydrogen) atoms. The number of anilines is 1. The average molecular weight is 345 g/mol. The first-order valence-electron chi connectivity index (χ1n) is 7.00. The third-order valence-corrected chi connectivity index (χ3v) is 4.00. The highest BCUT2D eigenvalue weighted by atomic mass is 32.1. The minimum atomic E-state index is -0.310. The van der Waals surface area contributed by atoms with Gasteiger partial charge in [-0.1, -0.05) is 6.07 Å². The van der Waals surface area contributed by atoms with Gasteiger partial charge in [0.15, 0.2) is 11.5 Å². The lowest BCUT2D eigenvalue weighted by atomic mass is 10.1. The molecule has 0 bridgehead atoms. The second kappa shape index (κ2) is 6.71. The van der Waals surface area contributed by atoms with Crippen LogP contribution in [0.3, 0.4) is 0 Å². The summed E-state index contributed by atoms with van der Waals surface area (Å²) in [5.41, 5.74) is 2.37. The van der Waals surface area contributed by atoms with E-state index in [2.05, 4.69) is 14.1 Å². The van der Waals surface area contributed by atoms with Crippen molar-refractivity contribution >= 4 is 34.4 Å². The van der Waals surface area contributed by atoms with Gasteiger partial charge in [0.1, 0.15) is 11.0 Å². The van der Waals surface area contributed by atoms with E-state index in [9.17, 15) is 4.79 Å². The third kappa shape index (κ3) is 2.83. The predicted octanol–water partition coefficient (Wildman–Crippen LogP) is 2.97. The van der Waals surface area contributed by atoms with Crippen molar-refractivity contribution in [1.82, 2.24) is 8.75 Å². The second-order valence-electron chi connectivity index (χ2n) is 4.81. The van der Waals surface area contributed by atoms with Gasteiger partial charge in [-0.3, -0.25) is 4.79 Å². The van der Waals surface area contributed by atoms with E-state index < -0.39 is 0 Å². The number of nitrogens with one attached hydrogen (secondary N) is 1. The molecule has 3 rings (SSSR count). The number of hydrogen-bond donors (Lipinski definition) is 1. The Kier molecular flexibility index (Phi) is 4.48. The molecule has 0 aliphatic heterocycles. The molecule has 124 valence electrons. The lowest BCUT2D eigenvalue weighted by molar-refractivity contribution is 0.102. The lowest BCUT2D eigenvalue weighted by Crippen LogP contribution is -2.13. The number of aromatic nitrogens is 2. The van der Waals surface area contributed by atoms with Gasteiger partial charge in [-0.05, 0) is 24.3 Å². The minimum Gasteiger partial charge on any atom is -0.493 e. The van der Waals surface area contributed by atoms with E-state index >= 15 is 0 Å². The maximum absolute atomic E-state index is 12.6. The molecule has 0 radical (unpaired) electrons. The van der Waals surface area contributed by atoms with Crippen LogP contribution in [0, 0.1) is 0 Å². The molecule has 1 amide bonds. The van der Waals surface area contributed by atoms with Crippen molar-refractivity contribution in [1.29, 1.82) is 0 Å². The van der Waals surface area contributed by atoms with E-state index in [0.717, 1.165) is 17.2 Å². The summed E-state index contributed by atoms with van der Waals surface area (Å²) in [4.78, 5) is 12.6. The Morgan fingerprint density at radius 1 is 1.04 bits per heavy atom. The monoisotopic (exact) mass is 345 g/mol. The van der Waals surface area contributed by atoms with Crippen LogP contribution in [-0.4, -0.2) is 36.0 Å². The zero-order chi connectivity index (χ0) is 17.1. The van der Waals surface area contributed by atoms with Gasteiger partial charge in [-0.2, -0.15) is 8.75 Å². The van der Waals surface area contributed by atoms with Crippen LogP contribution in [0.2, 0.25) is 0 Å². The molecule has 0 aliphatic rings. The van der Waals surface area contributed by atoms with Crippen LogP contribution in [0.25, 0.3) is 11.0 Å². The Bertz CT molecular complexity index is 869. The van der Waals surface area contributed by atoms with E-state index in [0.29, 0.717) is 34.0 Å². The quantitative estimate of drug-likeness (QED) is 0.765. The van der Waals surface area contributed by atoms with Crippen molar-refractivity contribution in [2.45, 2.75) is 0 Å². The summed E-state index contributed by atoms with van der Waals surface area (Å²) in [5, 5.41) is 2.84. The zero-order valence-corrected chi connectivity index (χ0v) is 14.1. The van der Waals surface area contributed by atoms with Crippen molar-refractivity contribution in [3.63, 3.8) is 0 Å². The molecular weight excluding hydrogens is 330 g/mol. The third-order valence-electron chi connectivity index (χ3n) is 3.46. The van der Waals surface area contributed by atoms with Crippen LogP contribution in [0.4, 0.5) is 5.69 Å². The summed E-state index contributed by atoms with van der Waals surface area (Å²) >= 11 is 1.10. The number of ether oxygens (including phenoxy) is 3. The molecule has 0 fully saturated rings. The summed E-state index contributed by atoms with van der Waals surface area (Å²) in [5.74, 6) is 0.947. The first-order chi connectivity index (χ1) is 11.7. The standard InChI is InChI=1S/C16H15N3O4S/c1-21-12-7-9(8-13(22-2)15(12)23-3)16(20)17-10-5-4-6-11-14(10)19-24-18-11/h4-8H,1-3H3,(H,17,20). The molecule has 1 aromatic heterocycles. The zero-order valence-electron chi connectivity index (χ0n) is 13.3. The van der Waals surface area contributed by atoms with Gasteiger partial charge in [0.25, 0.3) is 5.91 Å². The van der Waals surface area contributed by atoms with Crippen LogP contribution in [0.15, 0.2) is 30.3 Å². The smallest absolute Gasteiger partial charge is 0.256 e. The Balaban J connectivity index is 1.96. The number of benzene rings is 2. The molecule has 3 aromatic rings. The lowest BCUT2D eigenvalue weighted by Gasteiger charge is -2.14. The number of fused-ring (bicyclic) bond motifs is 1. The largest absolute Gasteiger partial charge is 0.493 e. The molecule has 1 heterocycles. The van der Waals surface area contributed by atoms with Crippen LogP contribution >= 0.6 is 11.7 Å². The molecule has 1 N–H and O–H groups in total. The molecule has 8 heteroatoms. The van der Waals surface area contributed by atoms with Gasteiger partial charge in [-0.25, -0.2) is 0 Å². The maximum atomic E-state index is 12.6. The summed E-state index contributed by atoms with van der Waals surface area (Å²) in [6.07, 6.45) is 0. The molecule has 2 aromatic carbocycles. The van der Waals surface area contributed by atoms with E-state index in [-0.39, 0.29) is 5.91 Å². The number of amides is 1. The Labute approximate surface area is 142 Å². The van der Waals surface area contributed by atoms with Crippen LogP contribution < -0.4 is 19.5 Å². The van der Waals surface area contributed by atoms with Crippen molar-refractivity contribution < 1.29 is 19.0 Å². The highest BCUT2D eigenvalue weighted by Crippen LogP contribution is 2.38. The molecule has 0 unspecified atom stereocenters. The first-order valence-corrected chi connectivity index (χ1v) is 7.73. The fourth-order valence-corrected chi connectivity index (χ4v) is 2.86. The number of hydrogen-bond acceptors (Lipinski definition) is 7. The number of nitrogens with zero attached hydrogens (tertiary/aromatic N) is 2. The van der Waals surface area contributed by atoms with Crippen molar-refractivity contribution in [3.05, 3.63) is 35.9 Å². The topological polar surface area (TPSA) is 82.6 Å². The molecule has 0 aliphatic carbocycles. The normalized spacial score (nSPS) is 10.5. The highest BCUT2D eigenvalue weighted by Gasteiger charge is 2.18. The first kappa shape index (κ1) is 16.0. The van der Waals surface area contributed by atoms with Crippen LogP contribution in [0.5, 0.6) is 17.2 Å². The van der Waals surface area contributed by atoms with Crippen LogP contribution in [-0.2, 0) is 0 Å². The average Bonchev–Trinajstić information content (AvgIpc) is 3.10. The molecular formula is C16H15N3O4S. The van der Waals surface area contributed by atoms with E-state index in [1.54, 1.807) is 18.2 Å². The predicted molar refractivity (Wildman–Crippen MR) is 91.5 cm³/mol. The van der Waals surface area contributed by atoms with Gasteiger partial charge in [0.2, 0.25) is 5.75 Å². The fraction of sp³-hybridized carbons (Fsp3) is 0.188. The summed E-state index contributed by atoms with van der Waals surface area (Å²) < 4.78 is 24.2. The number of rotatable bonds is 5. The molecule has 0 saturated heterocycles. The van der Waals surface area contributed by atoms with Gasteiger partial charge < -0.3 is 19.5 Å². The number of carbonyl (C=O) groups is 1. The number of methoxy groups -OCH3 is 3. The SMILES string of the molecule is COc1cc(C(=O)Nc2cccc3nsnc23)cc(OC)c1OC. The van der Waals surface area contributed by atoms with Crippen LogP contribution in [0.1, 0.15) is 10.4 Å². The Morgan fingerprint density at radius 3 is 2.38 bits per heavy atom. The highest BCUT2D eigenvalue weighted by molar-refractivity contribution is 7.00. The Hall–Kier alpha value is -2.87. The van der Waals surface area contributed by atoms with E-state index in [4.69, 9.17) is 14.2 Å². The van der Waals surface area contributed by atoms with Gasteiger partial charge in [-0.15, -0.1) is 0 Å². The molecule has 0 spiro atoms. The van der Waals surface area contributed by atoms with E-state index in [1.165, 1.54) is 21.3 Å². The summed E-state index contributed by atoms with van der Waals surface area (Å²) in [6.45, 7) is 0. The fourth-order valence-electron chi connectivity index (χ4n) is 2.31. The number of carbonyl (C=O) groups excluding carboxylic acids is 1. The van der Waals surface area contributed by atoms with Gasteiger partial charge in [0.05, 0.1) is 38.7 Å². The molecule has 0 atom stereocenters. The summed E-state index contributed by atoms with van der Waals surface area (Å²) in [6, 6.07) is 8.62. The second-order valence-corrected chi connectivity index (χ2v) is 5.33. The van der Waals surface area contributed by atoms with Gasteiger partial charge in [0, 0.05) is 5.56 Å². The van der Waals surface area contributed by atoms with Crippen molar-refractivity contribution in [2.24, 2.45) is 0 Å². The Morgan fingerprint density at radius 2 is 1.75 bits per heavy atom. The van der Waals surface area contributed by atoms with Crippen molar-refractivity contribution in [2.75, 3.05) is 26.6 Å². The van der Waals surface area contributed by atoms with Gasteiger partial charge >= 0.3 is 0 Å². The van der Waals surface area contributed by atoms with Crippen molar-refractivity contribution in [3.8, 4) is 17.2 Å². The molecule has 7 nitrogen and oxygen atoms in total. The van der Waals surface area contributed by atoms with E-state index in [1.807, 2.05) is 12.1 Å².